The van der Waals surface area contributed by atoms with Gasteiger partial charge >= 0.3 is 0 Å². The first-order valence-electron chi connectivity index (χ1n) is 6.75. The van der Waals surface area contributed by atoms with Crippen molar-refractivity contribution in [3.63, 3.8) is 0 Å². The van der Waals surface area contributed by atoms with Gasteiger partial charge in [-0.2, -0.15) is 0 Å². The van der Waals surface area contributed by atoms with E-state index in [0.717, 1.165) is 0 Å². The molecular weight excluding hydrogens is 318 g/mol. The summed E-state index contributed by atoms with van der Waals surface area (Å²) in [5.74, 6) is -0.295. The second-order valence-corrected chi connectivity index (χ2v) is 6.71. The minimum atomic E-state index is -3.69. The summed E-state index contributed by atoms with van der Waals surface area (Å²) in [6, 6.07) is 12.6. The molecule has 0 fully saturated rings. The molecule has 2 aromatic rings. The van der Waals surface area contributed by atoms with Gasteiger partial charge in [-0.15, -0.1) is 0 Å². The molecule has 2 aromatic carbocycles. The second-order valence-electron chi connectivity index (χ2n) is 4.72. The van der Waals surface area contributed by atoms with Crippen LogP contribution in [0.25, 0.3) is 0 Å². The van der Waals surface area contributed by atoms with E-state index in [9.17, 15) is 13.2 Å². The number of ether oxygens (including phenoxy) is 2. The third kappa shape index (κ3) is 4.46. The minimum absolute atomic E-state index is 0.110. The third-order valence-electron chi connectivity index (χ3n) is 3.06. The van der Waals surface area contributed by atoms with Gasteiger partial charge in [-0.25, -0.2) is 8.42 Å². The standard InChI is InChI=1S/C16H17NO5S/c1-21-13-8-12(9-14(10-13)22-2)17-16(18)11-23(19,20)15-6-4-3-5-7-15/h3-10H,11H2,1-2H3,(H,17,18). The summed E-state index contributed by atoms with van der Waals surface area (Å²) in [5, 5.41) is 2.54. The van der Waals surface area contributed by atoms with E-state index in [0.29, 0.717) is 17.2 Å². The predicted molar refractivity (Wildman–Crippen MR) is 86.7 cm³/mol. The molecule has 0 aliphatic heterocycles. The van der Waals surface area contributed by atoms with Crippen LogP contribution in [0.2, 0.25) is 0 Å². The number of sulfone groups is 1. The van der Waals surface area contributed by atoms with Crippen molar-refractivity contribution in [3.8, 4) is 11.5 Å². The van der Waals surface area contributed by atoms with Crippen LogP contribution in [0.1, 0.15) is 0 Å². The smallest absolute Gasteiger partial charge is 0.239 e. The van der Waals surface area contributed by atoms with Gasteiger partial charge in [-0.05, 0) is 12.1 Å². The van der Waals surface area contributed by atoms with E-state index in [1.807, 2.05) is 0 Å². The Morgan fingerprint density at radius 3 is 2.09 bits per heavy atom. The second kappa shape index (κ2) is 7.15. The molecule has 0 heterocycles. The number of anilines is 1. The van der Waals surface area contributed by atoms with Crippen LogP contribution in [-0.2, 0) is 14.6 Å². The van der Waals surface area contributed by atoms with Crippen LogP contribution in [0.3, 0.4) is 0 Å². The number of nitrogens with one attached hydrogen (secondary N) is 1. The average Bonchev–Trinajstić information content (AvgIpc) is 2.54. The zero-order chi connectivity index (χ0) is 16.9. The Kier molecular flexibility index (Phi) is 5.23. The minimum Gasteiger partial charge on any atom is -0.497 e. The number of amides is 1. The normalized spacial score (nSPS) is 10.9. The number of hydrogen-bond donors (Lipinski definition) is 1. The molecule has 0 spiro atoms. The van der Waals surface area contributed by atoms with Gasteiger partial charge in [0.05, 0.1) is 19.1 Å². The Morgan fingerprint density at radius 1 is 1.00 bits per heavy atom. The Hall–Kier alpha value is -2.54. The summed E-state index contributed by atoms with van der Waals surface area (Å²) in [4.78, 5) is 12.1. The maximum absolute atomic E-state index is 12.2. The van der Waals surface area contributed by atoms with Crippen LogP contribution in [0.4, 0.5) is 5.69 Å². The molecule has 7 heteroatoms. The fourth-order valence-corrected chi connectivity index (χ4v) is 3.12. The lowest BCUT2D eigenvalue weighted by atomic mass is 10.2. The summed E-state index contributed by atoms with van der Waals surface area (Å²) in [5.41, 5.74) is 0.398. The fraction of sp³-hybridized carbons (Fsp3) is 0.188. The van der Waals surface area contributed by atoms with Gasteiger partial charge in [-0.3, -0.25) is 4.79 Å². The molecule has 0 radical (unpaired) electrons. The molecule has 2 rings (SSSR count). The lowest BCUT2D eigenvalue weighted by molar-refractivity contribution is -0.113. The first kappa shape index (κ1) is 16.8. The first-order valence-corrected chi connectivity index (χ1v) is 8.40. The molecule has 0 aliphatic rings. The zero-order valence-corrected chi connectivity index (χ0v) is 13.6. The lowest BCUT2D eigenvalue weighted by Crippen LogP contribution is -2.23. The number of rotatable bonds is 6. The summed E-state index contributed by atoms with van der Waals surface area (Å²) in [6.07, 6.45) is 0. The van der Waals surface area contributed by atoms with Gasteiger partial charge in [0.2, 0.25) is 5.91 Å². The molecular formula is C16H17NO5S. The van der Waals surface area contributed by atoms with E-state index < -0.39 is 21.5 Å². The van der Waals surface area contributed by atoms with E-state index in [1.165, 1.54) is 26.4 Å². The Bertz CT molecular complexity index is 765. The molecule has 0 aliphatic carbocycles. The molecule has 0 atom stereocenters. The number of carbonyl (C=O) groups is 1. The van der Waals surface area contributed by atoms with Crippen molar-refractivity contribution in [1.29, 1.82) is 0 Å². The predicted octanol–water partition coefficient (Wildman–Crippen LogP) is 2.12. The number of methoxy groups -OCH3 is 2. The largest absolute Gasteiger partial charge is 0.497 e. The maximum atomic E-state index is 12.2. The topological polar surface area (TPSA) is 81.7 Å². The van der Waals surface area contributed by atoms with Gasteiger partial charge in [0.25, 0.3) is 0 Å². The first-order chi connectivity index (χ1) is 10.9. The van der Waals surface area contributed by atoms with Crippen molar-refractivity contribution in [2.24, 2.45) is 0 Å². The molecule has 1 amide bonds. The summed E-state index contributed by atoms with van der Waals surface area (Å²) in [6.45, 7) is 0. The van der Waals surface area contributed by atoms with Crippen molar-refractivity contribution in [3.05, 3.63) is 48.5 Å². The molecule has 23 heavy (non-hydrogen) atoms. The highest BCUT2D eigenvalue weighted by molar-refractivity contribution is 7.92. The highest BCUT2D eigenvalue weighted by Gasteiger charge is 2.19. The summed E-state index contributed by atoms with van der Waals surface area (Å²) < 4.78 is 34.5. The Labute approximate surface area is 135 Å². The molecule has 0 saturated carbocycles. The van der Waals surface area contributed by atoms with Crippen LogP contribution in [-0.4, -0.2) is 34.3 Å². The molecule has 0 aromatic heterocycles. The highest BCUT2D eigenvalue weighted by atomic mass is 32.2. The van der Waals surface area contributed by atoms with Gasteiger partial charge in [0.1, 0.15) is 17.3 Å². The monoisotopic (exact) mass is 335 g/mol. The third-order valence-corrected chi connectivity index (χ3v) is 4.69. The van der Waals surface area contributed by atoms with Crippen molar-refractivity contribution in [1.82, 2.24) is 0 Å². The van der Waals surface area contributed by atoms with Crippen LogP contribution < -0.4 is 14.8 Å². The van der Waals surface area contributed by atoms with E-state index in [1.54, 1.807) is 36.4 Å². The quantitative estimate of drug-likeness (QED) is 0.874. The van der Waals surface area contributed by atoms with Crippen LogP contribution >= 0.6 is 0 Å². The van der Waals surface area contributed by atoms with Gasteiger partial charge in [-0.1, -0.05) is 18.2 Å². The van der Waals surface area contributed by atoms with E-state index >= 15 is 0 Å². The molecule has 122 valence electrons. The molecule has 6 nitrogen and oxygen atoms in total. The van der Waals surface area contributed by atoms with Crippen LogP contribution in [0, 0.1) is 0 Å². The van der Waals surface area contributed by atoms with E-state index in [2.05, 4.69) is 5.32 Å². The lowest BCUT2D eigenvalue weighted by Gasteiger charge is -2.10. The summed E-state index contributed by atoms with van der Waals surface area (Å²) >= 11 is 0. The number of carbonyl (C=O) groups excluding carboxylic acids is 1. The SMILES string of the molecule is COc1cc(NC(=O)CS(=O)(=O)c2ccccc2)cc(OC)c1. The molecule has 1 N–H and O–H groups in total. The molecule has 0 bridgehead atoms. The maximum Gasteiger partial charge on any atom is 0.239 e. The van der Waals surface area contributed by atoms with Crippen molar-refractivity contribution in [2.75, 3.05) is 25.3 Å². The molecule has 0 saturated heterocycles. The van der Waals surface area contributed by atoms with Crippen molar-refractivity contribution in [2.45, 2.75) is 4.90 Å². The fourth-order valence-electron chi connectivity index (χ4n) is 1.96. The van der Waals surface area contributed by atoms with Gasteiger partial charge in [0, 0.05) is 23.9 Å². The Morgan fingerprint density at radius 2 is 1.57 bits per heavy atom. The van der Waals surface area contributed by atoms with Crippen LogP contribution in [0.15, 0.2) is 53.4 Å². The van der Waals surface area contributed by atoms with Crippen molar-refractivity contribution >= 4 is 21.4 Å². The number of benzene rings is 2. The van der Waals surface area contributed by atoms with Crippen molar-refractivity contribution < 1.29 is 22.7 Å². The average molecular weight is 335 g/mol. The molecule has 0 unspecified atom stereocenters. The van der Waals surface area contributed by atoms with Crippen LogP contribution in [0.5, 0.6) is 11.5 Å². The zero-order valence-electron chi connectivity index (χ0n) is 12.8. The Balaban J connectivity index is 2.14. The highest BCUT2D eigenvalue weighted by Crippen LogP contribution is 2.25. The summed E-state index contributed by atoms with van der Waals surface area (Å²) in [7, 11) is -0.713. The van der Waals surface area contributed by atoms with Gasteiger partial charge in [0.15, 0.2) is 9.84 Å². The van der Waals surface area contributed by atoms with Gasteiger partial charge < -0.3 is 14.8 Å². The number of hydrogen-bond acceptors (Lipinski definition) is 5. The van der Waals surface area contributed by atoms with E-state index in [-0.39, 0.29) is 4.90 Å². The van der Waals surface area contributed by atoms with E-state index in [4.69, 9.17) is 9.47 Å².